The molecule has 0 radical (unpaired) electrons. The number of amides is 2. The van der Waals surface area contributed by atoms with Gasteiger partial charge in [0.2, 0.25) is 0 Å². The summed E-state index contributed by atoms with van der Waals surface area (Å²) >= 11 is 0. The molecule has 0 spiro atoms. The van der Waals surface area contributed by atoms with E-state index in [1.165, 1.54) is 12.1 Å². The second kappa shape index (κ2) is 6.64. The molecule has 0 unspecified atom stereocenters. The van der Waals surface area contributed by atoms with Crippen molar-refractivity contribution >= 4 is 16.1 Å². The lowest BCUT2D eigenvalue weighted by atomic mass is 10.2. The van der Waals surface area contributed by atoms with E-state index in [-0.39, 0.29) is 11.4 Å². The first-order chi connectivity index (χ1) is 10.3. The number of hydrogen-bond acceptors (Lipinski definition) is 5. The van der Waals surface area contributed by atoms with Crippen LogP contribution in [-0.2, 0) is 19.5 Å². The molecule has 1 aliphatic rings. The predicted molar refractivity (Wildman–Crippen MR) is 79.8 cm³/mol. The van der Waals surface area contributed by atoms with Gasteiger partial charge >= 0.3 is 6.03 Å². The van der Waals surface area contributed by atoms with Gasteiger partial charge in [0.05, 0.1) is 18.1 Å². The molecule has 7 nitrogen and oxygen atoms in total. The van der Waals surface area contributed by atoms with Crippen molar-refractivity contribution in [1.29, 1.82) is 0 Å². The minimum Gasteiger partial charge on any atom is -0.348 e. The number of ether oxygens (including phenoxy) is 2. The zero-order chi connectivity index (χ0) is 16.2. The highest BCUT2D eigenvalue weighted by atomic mass is 32.2. The second-order valence-electron chi connectivity index (χ2n) is 5.26. The summed E-state index contributed by atoms with van der Waals surface area (Å²) in [5.41, 5.74) is 0.938. The lowest BCUT2D eigenvalue weighted by molar-refractivity contribution is -0.145. The average Bonchev–Trinajstić information content (AvgIpc) is 2.85. The van der Waals surface area contributed by atoms with Gasteiger partial charge < -0.3 is 14.8 Å². The zero-order valence-corrected chi connectivity index (χ0v) is 13.4. The monoisotopic (exact) mass is 328 g/mol. The largest absolute Gasteiger partial charge is 0.348 e. The molecule has 1 aromatic rings. The smallest absolute Gasteiger partial charge is 0.328 e. The summed E-state index contributed by atoms with van der Waals surface area (Å²) in [4.78, 5) is 11.7. The quantitative estimate of drug-likeness (QED) is 0.845. The van der Waals surface area contributed by atoms with Gasteiger partial charge in [0.15, 0.2) is 5.79 Å². The molecule has 0 aliphatic carbocycles. The minimum absolute atomic E-state index is 0.0441. The van der Waals surface area contributed by atoms with Gasteiger partial charge in [-0.2, -0.15) is 0 Å². The van der Waals surface area contributed by atoms with Gasteiger partial charge in [-0.05, 0) is 26.0 Å². The Morgan fingerprint density at radius 3 is 2.41 bits per heavy atom. The lowest BCUT2D eigenvalue weighted by Gasteiger charge is -2.22. The van der Waals surface area contributed by atoms with Crippen LogP contribution in [0, 0.1) is 6.92 Å². The van der Waals surface area contributed by atoms with Crippen LogP contribution in [-0.4, -0.2) is 40.0 Å². The Morgan fingerprint density at radius 1 is 1.23 bits per heavy atom. The number of benzene rings is 1. The van der Waals surface area contributed by atoms with Crippen LogP contribution < -0.4 is 10.0 Å². The van der Waals surface area contributed by atoms with E-state index in [0.29, 0.717) is 19.6 Å². The molecule has 2 rings (SSSR count). The number of carbonyl (C=O) groups is 1. The van der Waals surface area contributed by atoms with E-state index in [9.17, 15) is 13.2 Å². The summed E-state index contributed by atoms with van der Waals surface area (Å²) in [6.45, 7) is 4.91. The first-order valence-electron chi connectivity index (χ1n) is 6.96. The van der Waals surface area contributed by atoms with E-state index in [1.807, 2.05) is 11.6 Å². The van der Waals surface area contributed by atoms with Crippen molar-refractivity contribution < 1.29 is 22.7 Å². The maximum absolute atomic E-state index is 12.0. The molecule has 1 aromatic carbocycles. The topological polar surface area (TPSA) is 93.7 Å². The van der Waals surface area contributed by atoms with Crippen molar-refractivity contribution in [1.82, 2.24) is 10.0 Å². The maximum Gasteiger partial charge on any atom is 0.328 e. The van der Waals surface area contributed by atoms with Crippen LogP contribution in [0.5, 0.6) is 0 Å². The number of aryl methyl sites for hydroxylation is 1. The van der Waals surface area contributed by atoms with Gasteiger partial charge in [-0.1, -0.05) is 17.7 Å². The number of sulfonamides is 1. The fourth-order valence-corrected chi connectivity index (χ4v) is 2.97. The van der Waals surface area contributed by atoms with Gasteiger partial charge in [0, 0.05) is 13.0 Å². The van der Waals surface area contributed by atoms with Gasteiger partial charge in [-0.3, -0.25) is 0 Å². The maximum atomic E-state index is 12.0. The molecule has 0 aromatic heterocycles. The number of nitrogens with one attached hydrogen (secondary N) is 2. The molecule has 2 N–H and O–H groups in total. The van der Waals surface area contributed by atoms with E-state index >= 15 is 0 Å². The molecule has 8 heteroatoms. The first-order valence-corrected chi connectivity index (χ1v) is 8.44. The fourth-order valence-electron chi connectivity index (χ4n) is 2.04. The third kappa shape index (κ3) is 4.43. The number of hydrogen-bond donors (Lipinski definition) is 2. The van der Waals surface area contributed by atoms with Crippen molar-refractivity contribution in [2.24, 2.45) is 0 Å². The Balaban J connectivity index is 1.84. The van der Waals surface area contributed by atoms with E-state index in [2.05, 4.69) is 5.32 Å². The highest BCUT2D eigenvalue weighted by Gasteiger charge is 2.30. The summed E-state index contributed by atoms with van der Waals surface area (Å²) in [6, 6.07) is 5.46. The molecule has 1 fully saturated rings. The standard InChI is InChI=1S/C14H20N2O5S/c1-11-3-5-12(6-4-11)22(18,19)16-13(17)15-8-7-14(2)20-9-10-21-14/h3-6H,7-10H2,1-2H3,(H2,15,16,17). The number of rotatable bonds is 5. The van der Waals surface area contributed by atoms with E-state index < -0.39 is 21.8 Å². The van der Waals surface area contributed by atoms with Crippen molar-refractivity contribution in [3.05, 3.63) is 29.8 Å². The Kier molecular flexibility index (Phi) is 5.05. The van der Waals surface area contributed by atoms with Crippen molar-refractivity contribution in [2.75, 3.05) is 19.8 Å². The molecule has 0 saturated carbocycles. The SMILES string of the molecule is Cc1ccc(S(=O)(=O)NC(=O)NCCC2(C)OCCO2)cc1. The molecular weight excluding hydrogens is 308 g/mol. The lowest BCUT2D eigenvalue weighted by Crippen LogP contribution is -2.41. The Hall–Kier alpha value is -1.64. The summed E-state index contributed by atoms with van der Waals surface area (Å²) in [6.07, 6.45) is 0.436. The third-order valence-electron chi connectivity index (χ3n) is 3.32. The number of urea groups is 1. The highest BCUT2D eigenvalue weighted by Crippen LogP contribution is 2.21. The second-order valence-corrected chi connectivity index (χ2v) is 6.94. The molecule has 2 amide bonds. The van der Waals surface area contributed by atoms with Crippen LogP contribution in [0.3, 0.4) is 0 Å². The zero-order valence-electron chi connectivity index (χ0n) is 12.6. The third-order valence-corrected chi connectivity index (χ3v) is 4.67. The molecule has 122 valence electrons. The van der Waals surface area contributed by atoms with E-state index in [1.54, 1.807) is 19.1 Å². The van der Waals surface area contributed by atoms with Crippen LogP contribution >= 0.6 is 0 Å². The molecule has 22 heavy (non-hydrogen) atoms. The van der Waals surface area contributed by atoms with E-state index in [0.717, 1.165) is 5.56 Å². The van der Waals surface area contributed by atoms with Crippen LogP contribution in [0.4, 0.5) is 4.79 Å². The highest BCUT2D eigenvalue weighted by molar-refractivity contribution is 7.90. The van der Waals surface area contributed by atoms with Crippen LogP contribution in [0.2, 0.25) is 0 Å². The Morgan fingerprint density at radius 2 is 1.82 bits per heavy atom. The Bertz CT molecular complexity index is 621. The normalized spacial score (nSPS) is 17.2. The fraction of sp³-hybridized carbons (Fsp3) is 0.500. The molecule has 1 aliphatic heterocycles. The summed E-state index contributed by atoms with van der Waals surface area (Å²) in [7, 11) is -3.87. The van der Waals surface area contributed by atoms with Crippen LogP contribution in [0.1, 0.15) is 18.9 Å². The van der Waals surface area contributed by atoms with Crippen molar-refractivity contribution in [2.45, 2.75) is 31.0 Å². The van der Waals surface area contributed by atoms with E-state index in [4.69, 9.17) is 9.47 Å². The molecule has 1 saturated heterocycles. The van der Waals surface area contributed by atoms with Crippen molar-refractivity contribution in [3.8, 4) is 0 Å². The van der Waals surface area contributed by atoms with Crippen LogP contribution in [0.25, 0.3) is 0 Å². The van der Waals surface area contributed by atoms with Crippen LogP contribution in [0.15, 0.2) is 29.2 Å². The average molecular weight is 328 g/mol. The first kappa shape index (κ1) is 16.7. The van der Waals surface area contributed by atoms with Gasteiger partial charge in [0.25, 0.3) is 10.0 Å². The summed E-state index contributed by atoms with van der Waals surface area (Å²) in [5.74, 6) is -0.719. The summed E-state index contributed by atoms with van der Waals surface area (Å²) < 4.78 is 36.8. The van der Waals surface area contributed by atoms with Gasteiger partial charge in [-0.25, -0.2) is 17.9 Å². The van der Waals surface area contributed by atoms with Gasteiger partial charge in [0.1, 0.15) is 0 Å². The van der Waals surface area contributed by atoms with Crippen molar-refractivity contribution in [3.63, 3.8) is 0 Å². The minimum atomic E-state index is -3.87. The molecule has 1 heterocycles. The van der Waals surface area contributed by atoms with Gasteiger partial charge in [-0.15, -0.1) is 0 Å². The summed E-state index contributed by atoms with van der Waals surface area (Å²) in [5, 5.41) is 2.48. The molecular formula is C14H20N2O5S. The molecule has 0 atom stereocenters. The number of carbonyl (C=O) groups excluding carboxylic acids is 1. The predicted octanol–water partition coefficient (Wildman–Crippen LogP) is 1.14. The molecule has 0 bridgehead atoms. The Labute approximate surface area is 130 Å².